The molecule has 1 aliphatic heterocycles. The monoisotopic (exact) mass is 168 g/mol. The topological polar surface area (TPSA) is 24.1 Å². The Hall–Kier alpha value is -0.340. The third-order valence-corrected chi connectivity index (χ3v) is 2.48. The minimum Gasteiger partial charge on any atom is -0.316 e. The van der Waals surface area contributed by atoms with Gasteiger partial charge in [0.25, 0.3) is 0 Å². The van der Waals surface area contributed by atoms with Crippen LogP contribution in [0.25, 0.3) is 0 Å². The van der Waals surface area contributed by atoms with Gasteiger partial charge in [0.15, 0.2) is 0 Å². The molecule has 0 spiro atoms. The summed E-state index contributed by atoms with van der Waals surface area (Å²) < 4.78 is 0. The Bertz CT molecular complexity index is 128. The molecule has 0 amide bonds. The molecule has 0 aromatic rings. The molecule has 2 atom stereocenters. The van der Waals surface area contributed by atoms with E-state index in [-0.39, 0.29) is 0 Å². The second-order valence-electron chi connectivity index (χ2n) is 3.65. The first-order valence-corrected chi connectivity index (χ1v) is 4.89. The average molecular weight is 168 g/mol. The zero-order chi connectivity index (χ0) is 8.81. The molecular weight excluding hydrogens is 148 g/mol. The molecule has 0 radical (unpaired) electrons. The zero-order valence-electron chi connectivity index (χ0n) is 7.97. The summed E-state index contributed by atoms with van der Waals surface area (Å²) in [4.78, 5) is 0. The highest BCUT2D eigenvalue weighted by molar-refractivity contribution is 4.82. The van der Waals surface area contributed by atoms with E-state index in [9.17, 15) is 0 Å². The largest absolute Gasteiger partial charge is 0.316 e. The molecule has 1 aliphatic rings. The molecule has 12 heavy (non-hydrogen) atoms. The third kappa shape index (κ3) is 3.37. The van der Waals surface area contributed by atoms with E-state index in [1.807, 2.05) is 6.08 Å². The lowest BCUT2D eigenvalue weighted by Crippen LogP contribution is -2.38. The van der Waals surface area contributed by atoms with Gasteiger partial charge >= 0.3 is 0 Å². The highest BCUT2D eigenvalue weighted by Gasteiger charge is 2.12. The van der Waals surface area contributed by atoms with Gasteiger partial charge in [0, 0.05) is 6.04 Å². The van der Waals surface area contributed by atoms with Crippen molar-refractivity contribution >= 4 is 0 Å². The molecule has 0 bridgehead atoms. The minimum atomic E-state index is 0.451. The maximum atomic E-state index is 3.75. The van der Waals surface area contributed by atoms with Crippen LogP contribution in [0.2, 0.25) is 0 Å². The van der Waals surface area contributed by atoms with Gasteiger partial charge in [-0.05, 0) is 45.3 Å². The number of rotatable bonds is 4. The predicted octanol–water partition coefficient (Wildman–Crippen LogP) is 1.15. The van der Waals surface area contributed by atoms with Gasteiger partial charge in [-0.15, -0.1) is 6.58 Å². The van der Waals surface area contributed by atoms with E-state index in [1.165, 1.54) is 25.9 Å². The molecule has 2 unspecified atom stereocenters. The summed E-state index contributed by atoms with van der Waals surface area (Å²) in [6.45, 7) is 9.39. The van der Waals surface area contributed by atoms with Crippen LogP contribution in [-0.2, 0) is 0 Å². The lowest BCUT2D eigenvalue weighted by Gasteiger charge is -2.24. The Morgan fingerprint density at radius 3 is 3.17 bits per heavy atom. The standard InChI is InChI=1S/C10H20N2/c1-3-9(2)12-8-10-5-4-6-11-7-10/h3,9-12H,1,4-8H2,2H3. The fourth-order valence-electron chi connectivity index (χ4n) is 1.53. The molecule has 1 rings (SSSR count). The van der Waals surface area contributed by atoms with Crippen LogP contribution in [0.4, 0.5) is 0 Å². The van der Waals surface area contributed by atoms with Crippen LogP contribution < -0.4 is 10.6 Å². The second-order valence-corrected chi connectivity index (χ2v) is 3.65. The van der Waals surface area contributed by atoms with Crippen LogP contribution in [0.3, 0.4) is 0 Å². The Balaban J connectivity index is 2.08. The van der Waals surface area contributed by atoms with Crippen molar-refractivity contribution in [3.05, 3.63) is 12.7 Å². The first kappa shape index (κ1) is 9.75. The van der Waals surface area contributed by atoms with E-state index in [4.69, 9.17) is 0 Å². The molecule has 0 aliphatic carbocycles. The van der Waals surface area contributed by atoms with Crippen molar-refractivity contribution < 1.29 is 0 Å². The third-order valence-electron chi connectivity index (χ3n) is 2.48. The summed E-state index contributed by atoms with van der Waals surface area (Å²) >= 11 is 0. The van der Waals surface area contributed by atoms with Crippen LogP contribution in [0, 0.1) is 5.92 Å². The number of nitrogens with one attached hydrogen (secondary N) is 2. The molecule has 0 saturated carbocycles. The number of hydrogen-bond donors (Lipinski definition) is 2. The lowest BCUT2D eigenvalue weighted by molar-refractivity contribution is 0.355. The molecule has 2 N–H and O–H groups in total. The Morgan fingerprint density at radius 1 is 1.75 bits per heavy atom. The van der Waals surface area contributed by atoms with Gasteiger partial charge in [0.2, 0.25) is 0 Å². The number of piperidine rings is 1. The van der Waals surface area contributed by atoms with Crippen LogP contribution >= 0.6 is 0 Å². The maximum Gasteiger partial charge on any atom is 0.0219 e. The van der Waals surface area contributed by atoms with Gasteiger partial charge in [0.05, 0.1) is 0 Å². The van der Waals surface area contributed by atoms with Crippen LogP contribution in [0.15, 0.2) is 12.7 Å². The van der Waals surface area contributed by atoms with Crippen molar-refractivity contribution in [3.8, 4) is 0 Å². The summed E-state index contributed by atoms with van der Waals surface area (Å²) in [7, 11) is 0. The smallest absolute Gasteiger partial charge is 0.0219 e. The Morgan fingerprint density at radius 2 is 2.58 bits per heavy atom. The van der Waals surface area contributed by atoms with Crippen molar-refractivity contribution in [1.29, 1.82) is 0 Å². The lowest BCUT2D eigenvalue weighted by atomic mass is 9.99. The molecule has 0 aromatic heterocycles. The Kier molecular flexibility index (Phi) is 4.33. The normalized spacial score (nSPS) is 26.6. The maximum absolute atomic E-state index is 3.75. The van der Waals surface area contributed by atoms with E-state index in [2.05, 4.69) is 24.1 Å². The molecular formula is C10H20N2. The fraction of sp³-hybridized carbons (Fsp3) is 0.800. The Labute approximate surface area is 75.4 Å². The van der Waals surface area contributed by atoms with Crippen LogP contribution in [0.5, 0.6) is 0 Å². The van der Waals surface area contributed by atoms with E-state index in [0.29, 0.717) is 6.04 Å². The van der Waals surface area contributed by atoms with Gasteiger partial charge in [-0.3, -0.25) is 0 Å². The van der Waals surface area contributed by atoms with Gasteiger partial charge in [0.1, 0.15) is 0 Å². The van der Waals surface area contributed by atoms with Crippen molar-refractivity contribution in [2.75, 3.05) is 19.6 Å². The van der Waals surface area contributed by atoms with Crippen LogP contribution in [-0.4, -0.2) is 25.7 Å². The predicted molar refractivity (Wildman–Crippen MR) is 53.3 cm³/mol. The quantitative estimate of drug-likeness (QED) is 0.615. The summed E-state index contributed by atoms with van der Waals surface area (Å²) in [6.07, 6.45) is 4.65. The van der Waals surface area contributed by atoms with E-state index in [1.54, 1.807) is 0 Å². The zero-order valence-corrected chi connectivity index (χ0v) is 7.97. The summed E-state index contributed by atoms with van der Waals surface area (Å²) in [5.74, 6) is 0.821. The summed E-state index contributed by atoms with van der Waals surface area (Å²) in [6, 6.07) is 0.451. The molecule has 0 aromatic carbocycles. The van der Waals surface area contributed by atoms with Gasteiger partial charge in [-0.1, -0.05) is 6.08 Å². The van der Waals surface area contributed by atoms with Gasteiger partial charge in [-0.2, -0.15) is 0 Å². The van der Waals surface area contributed by atoms with E-state index < -0.39 is 0 Å². The highest BCUT2D eigenvalue weighted by atomic mass is 14.9. The van der Waals surface area contributed by atoms with E-state index >= 15 is 0 Å². The van der Waals surface area contributed by atoms with Crippen molar-refractivity contribution in [2.24, 2.45) is 5.92 Å². The first-order valence-electron chi connectivity index (χ1n) is 4.89. The molecule has 1 saturated heterocycles. The van der Waals surface area contributed by atoms with Crippen molar-refractivity contribution in [1.82, 2.24) is 10.6 Å². The van der Waals surface area contributed by atoms with Gasteiger partial charge in [-0.25, -0.2) is 0 Å². The minimum absolute atomic E-state index is 0.451. The van der Waals surface area contributed by atoms with Crippen LogP contribution in [0.1, 0.15) is 19.8 Å². The van der Waals surface area contributed by atoms with Crippen molar-refractivity contribution in [2.45, 2.75) is 25.8 Å². The molecule has 70 valence electrons. The van der Waals surface area contributed by atoms with Crippen molar-refractivity contribution in [3.63, 3.8) is 0 Å². The fourth-order valence-corrected chi connectivity index (χ4v) is 1.53. The highest BCUT2D eigenvalue weighted by Crippen LogP contribution is 2.08. The summed E-state index contributed by atoms with van der Waals surface area (Å²) in [5, 5.41) is 6.85. The molecule has 1 fully saturated rings. The second kappa shape index (κ2) is 5.33. The molecule has 2 heteroatoms. The average Bonchev–Trinajstić information content (AvgIpc) is 2.16. The van der Waals surface area contributed by atoms with Gasteiger partial charge < -0.3 is 10.6 Å². The first-order chi connectivity index (χ1) is 5.83. The SMILES string of the molecule is C=CC(C)NCC1CCCNC1. The molecule has 2 nitrogen and oxygen atoms in total. The number of hydrogen-bond acceptors (Lipinski definition) is 2. The van der Waals surface area contributed by atoms with E-state index in [0.717, 1.165) is 12.5 Å². The summed E-state index contributed by atoms with van der Waals surface area (Å²) in [5.41, 5.74) is 0. The molecule has 1 heterocycles.